The Morgan fingerprint density at radius 2 is 1.79 bits per heavy atom. The van der Waals surface area contributed by atoms with Crippen LogP contribution in [0.1, 0.15) is 57.7 Å². The van der Waals surface area contributed by atoms with Crippen LogP contribution in [0.2, 0.25) is 0 Å². The highest BCUT2D eigenvalue weighted by Gasteiger charge is 2.36. The molecule has 0 heterocycles. The first kappa shape index (κ1) is 28.9. The molecule has 10 nitrogen and oxygen atoms in total. The normalized spacial score (nSPS) is 12.8. The predicted molar refractivity (Wildman–Crippen MR) is 126 cm³/mol. The number of aliphatic hydroxyl groups excluding tert-OH is 1. The van der Waals surface area contributed by atoms with Gasteiger partial charge in [0.2, 0.25) is 11.8 Å². The van der Waals surface area contributed by atoms with E-state index >= 15 is 0 Å². The second-order valence-electron chi connectivity index (χ2n) is 8.82. The molecule has 0 spiro atoms. The van der Waals surface area contributed by atoms with Crippen LogP contribution in [0.25, 0.3) is 0 Å². The van der Waals surface area contributed by atoms with Crippen molar-refractivity contribution in [1.82, 2.24) is 15.5 Å². The number of aryl methyl sites for hydroxylation is 1. The fourth-order valence-corrected chi connectivity index (χ4v) is 3.20. The van der Waals surface area contributed by atoms with E-state index in [2.05, 4.69) is 15.4 Å². The van der Waals surface area contributed by atoms with E-state index in [1.807, 2.05) is 6.92 Å². The Morgan fingerprint density at radius 1 is 1.15 bits per heavy atom. The fraction of sp³-hybridized carbons (Fsp3) is 0.583. The van der Waals surface area contributed by atoms with E-state index in [1.165, 1.54) is 12.0 Å². The van der Waals surface area contributed by atoms with Crippen molar-refractivity contribution in [3.8, 4) is 0 Å². The lowest BCUT2D eigenvalue weighted by Gasteiger charge is -2.34. The summed E-state index contributed by atoms with van der Waals surface area (Å²) >= 11 is 0. The topological polar surface area (TPSA) is 134 Å². The molecule has 0 aliphatic rings. The van der Waals surface area contributed by atoms with Gasteiger partial charge in [-0.3, -0.25) is 14.4 Å². The quantitative estimate of drug-likeness (QED) is 0.412. The van der Waals surface area contributed by atoms with Crippen LogP contribution in [0.4, 0.5) is 4.79 Å². The van der Waals surface area contributed by atoms with E-state index in [-0.39, 0.29) is 13.1 Å². The first-order chi connectivity index (χ1) is 15.9. The van der Waals surface area contributed by atoms with E-state index in [9.17, 15) is 24.3 Å². The molecule has 2 atom stereocenters. The number of nitrogens with one attached hydrogen (secondary N) is 2. The summed E-state index contributed by atoms with van der Waals surface area (Å²) in [6, 6.07) is 4.65. The Hall–Kier alpha value is -3.14. The van der Waals surface area contributed by atoms with Crippen LogP contribution < -0.4 is 10.6 Å². The summed E-state index contributed by atoms with van der Waals surface area (Å²) in [6.07, 6.45) is 0.443. The average Bonchev–Trinajstić information content (AvgIpc) is 2.77. The van der Waals surface area contributed by atoms with Gasteiger partial charge in [-0.1, -0.05) is 37.6 Å². The fourth-order valence-electron chi connectivity index (χ4n) is 3.20. The minimum atomic E-state index is -1.33. The van der Waals surface area contributed by atoms with Crippen LogP contribution in [-0.2, 0) is 23.9 Å². The second-order valence-corrected chi connectivity index (χ2v) is 8.82. The lowest BCUT2D eigenvalue weighted by atomic mass is 9.98. The number of esters is 1. The lowest BCUT2D eigenvalue weighted by Crippen LogP contribution is -2.55. The number of unbranched alkanes of at least 4 members (excludes halogenated alkanes) is 1. The molecule has 0 aliphatic heterocycles. The summed E-state index contributed by atoms with van der Waals surface area (Å²) in [7, 11) is 1.21. The van der Waals surface area contributed by atoms with Crippen molar-refractivity contribution >= 4 is 23.9 Å². The number of aliphatic hydroxyl groups is 1. The molecule has 34 heavy (non-hydrogen) atoms. The third kappa shape index (κ3) is 9.01. The summed E-state index contributed by atoms with van der Waals surface area (Å²) in [5, 5.41) is 14.8. The zero-order valence-corrected chi connectivity index (χ0v) is 20.8. The molecule has 2 unspecified atom stereocenters. The molecule has 3 N–H and O–H groups in total. The number of methoxy groups -OCH3 is 1. The Morgan fingerprint density at radius 3 is 2.32 bits per heavy atom. The van der Waals surface area contributed by atoms with Crippen LogP contribution >= 0.6 is 0 Å². The second kappa shape index (κ2) is 13.5. The predicted octanol–water partition coefficient (Wildman–Crippen LogP) is 1.84. The highest BCUT2D eigenvalue weighted by Crippen LogP contribution is 2.26. The van der Waals surface area contributed by atoms with Crippen molar-refractivity contribution in [3.63, 3.8) is 0 Å². The molecule has 190 valence electrons. The maximum Gasteiger partial charge on any atom is 0.408 e. The molecule has 0 aromatic heterocycles. The van der Waals surface area contributed by atoms with E-state index in [0.29, 0.717) is 12.0 Å². The van der Waals surface area contributed by atoms with E-state index in [0.717, 1.165) is 12.0 Å². The number of hydrogen-bond acceptors (Lipinski definition) is 7. The Labute approximate surface area is 201 Å². The summed E-state index contributed by atoms with van der Waals surface area (Å²) < 4.78 is 9.80. The lowest BCUT2D eigenvalue weighted by molar-refractivity contribution is -0.145. The number of rotatable bonds is 11. The minimum Gasteiger partial charge on any atom is -0.468 e. The van der Waals surface area contributed by atoms with Crippen LogP contribution in [0, 0.1) is 6.92 Å². The third-order valence-electron chi connectivity index (χ3n) is 4.88. The molecule has 0 bridgehead atoms. The van der Waals surface area contributed by atoms with Gasteiger partial charge in [0.15, 0.2) is 0 Å². The largest absolute Gasteiger partial charge is 0.468 e. The highest BCUT2D eigenvalue weighted by molar-refractivity contribution is 5.93. The van der Waals surface area contributed by atoms with Crippen molar-refractivity contribution in [2.75, 3.05) is 26.8 Å². The van der Waals surface area contributed by atoms with Crippen LogP contribution in [0.15, 0.2) is 24.3 Å². The van der Waals surface area contributed by atoms with Gasteiger partial charge in [-0.25, -0.2) is 4.79 Å². The number of alkyl carbamates (subject to hydrolysis) is 1. The van der Waals surface area contributed by atoms with Gasteiger partial charge in [-0.2, -0.15) is 0 Å². The summed E-state index contributed by atoms with van der Waals surface area (Å²) in [5.74, 6) is -1.87. The molecule has 0 saturated carbocycles. The van der Waals surface area contributed by atoms with E-state index in [4.69, 9.17) is 4.74 Å². The number of nitrogens with zero attached hydrogens (tertiary/aromatic N) is 1. The number of amides is 3. The smallest absolute Gasteiger partial charge is 0.408 e. The van der Waals surface area contributed by atoms with E-state index < -0.39 is 48.2 Å². The number of benzene rings is 1. The van der Waals surface area contributed by atoms with Crippen molar-refractivity contribution in [3.05, 3.63) is 35.4 Å². The number of carbonyl (C=O) groups is 4. The third-order valence-corrected chi connectivity index (χ3v) is 4.88. The molecule has 10 heteroatoms. The molecule has 1 aromatic carbocycles. The Kier molecular flexibility index (Phi) is 11.5. The SMILES string of the molecule is CCCCN(C(=O)C(CO)NC(=O)OC(C)(C)C)C(C(=O)NCC(=O)OC)c1ccccc1C. The first-order valence-electron chi connectivity index (χ1n) is 11.3. The number of hydrogen-bond donors (Lipinski definition) is 3. The molecule has 1 aromatic rings. The molecular weight excluding hydrogens is 442 g/mol. The van der Waals surface area contributed by atoms with Gasteiger partial charge in [0.25, 0.3) is 0 Å². The maximum atomic E-state index is 13.5. The number of ether oxygens (including phenoxy) is 2. The molecule has 0 aliphatic carbocycles. The molecule has 0 saturated heterocycles. The molecular formula is C24H37N3O7. The summed E-state index contributed by atoms with van der Waals surface area (Å²) in [5.41, 5.74) is 0.519. The number of carbonyl (C=O) groups excluding carboxylic acids is 4. The summed E-state index contributed by atoms with van der Waals surface area (Å²) in [6.45, 7) is 7.90. The van der Waals surface area contributed by atoms with Gasteiger partial charge < -0.3 is 30.1 Å². The Balaban J connectivity index is 3.36. The van der Waals surface area contributed by atoms with Gasteiger partial charge in [-0.15, -0.1) is 0 Å². The van der Waals surface area contributed by atoms with Gasteiger partial charge in [-0.05, 0) is 45.2 Å². The molecule has 3 amide bonds. The maximum absolute atomic E-state index is 13.5. The van der Waals surface area contributed by atoms with Gasteiger partial charge in [0, 0.05) is 6.54 Å². The monoisotopic (exact) mass is 479 g/mol. The van der Waals surface area contributed by atoms with Crippen LogP contribution in [-0.4, -0.2) is 72.3 Å². The van der Waals surface area contributed by atoms with Crippen LogP contribution in [0.3, 0.4) is 0 Å². The Bertz CT molecular complexity index is 851. The summed E-state index contributed by atoms with van der Waals surface area (Å²) in [4.78, 5) is 52.0. The zero-order chi connectivity index (χ0) is 25.9. The van der Waals surface area contributed by atoms with E-state index in [1.54, 1.807) is 52.0 Å². The van der Waals surface area contributed by atoms with Crippen molar-refractivity contribution < 1.29 is 33.8 Å². The molecule has 0 radical (unpaired) electrons. The molecule has 1 rings (SSSR count). The van der Waals surface area contributed by atoms with Crippen molar-refractivity contribution in [2.45, 2.75) is 65.1 Å². The molecule has 0 fully saturated rings. The average molecular weight is 480 g/mol. The highest BCUT2D eigenvalue weighted by atomic mass is 16.6. The van der Waals surface area contributed by atoms with Gasteiger partial charge >= 0.3 is 12.1 Å². The standard InChI is InChI=1S/C24H37N3O7/c1-7-8-13-27(22(31)18(15-28)26-23(32)34-24(3,4)5)20(17-12-10-9-11-16(17)2)21(30)25-14-19(29)33-6/h9-12,18,20,28H,7-8,13-15H2,1-6H3,(H,25,30)(H,26,32). The van der Waals surface area contributed by atoms with Crippen molar-refractivity contribution in [1.29, 1.82) is 0 Å². The van der Waals surface area contributed by atoms with Gasteiger partial charge in [0.05, 0.1) is 13.7 Å². The zero-order valence-electron chi connectivity index (χ0n) is 20.8. The van der Waals surface area contributed by atoms with Crippen molar-refractivity contribution in [2.24, 2.45) is 0 Å². The van der Waals surface area contributed by atoms with Crippen LogP contribution in [0.5, 0.6) is 0 Å². The minimum absolute atomic E-state index is 0.187. The van der Waals surface area contributed by atoms with Gasteiger partial charge in [0.1, 0.15) is 24.2 Å². The first-order valence-corrected chi connectivity index (χ1v) is 11.3.